The van der Waals surface area contributed by atoms with E-state index in [1.807, 2.05) is 10.8 Å². The maximum atomic E-state index is 11.3. The van der Waals surface area contributed by atoms with E-state index in [0.717, 1.165) is 19.4 Å². The van der Waals surface area contributed by atoms with E-state index >= 15 is 0 Å². The molecule has 1 aromatic rings. The van der Waals surface area contributed by atoms with Gasteiger partial charge in [-0.1, -0.05) is 6.42 Å². The number of carbonyl (C=O) groups excluding carboxylic acids is 1. The molecule has 0 radical (unpaired) electrons. The van der Waals surface area contributed by atoms with Crippen molar-refractivity contribution in [2.75, 3.05) is 0 Å². The fraction of sp³-hybridized carbons (Fsp3) is 0.636. The number of nitrogens with two attached hydrogens (primary N) is 2. The molecule has 0 aliphatic heterocycles. The molecule has 1 saturated carbocycles. The molecule has 1 aromatic heterocycles. The van der Waals surface area contributed by atoms with E-state index in [-0.39, 0.29) is 5.91 Å². The number of imidazole rings is 1. The van der Waals surface area contributed by atoms with Gasteiger partial charge in [-0.05, 0) is 25.2 Å². The average Bonchev–Trinajstić information content (AvgIpc) is 2.70. The molecule has 1 fully saturated rings. The van der Waals surface area contributed by atoms with Crippen molar-refractivity contribution >= 4 is 5.91 Å². The molecule has 2 atom stereocenters. The van der Waals surface area contributed by atoms with Crippen molar-refractivity contribution in [2.24, 2.45) is 17.4 Å². The maximum absolute atomic E-state index is 11.3. The number of hydrogen-bond donors (Lipinski definition) is 2. The van der Waals surface area contributed by atoms with Crippen LogP contribution in [-0.2, 0) is 11.3 Å². The second-order valence-corrected chi connectivity index (χ2v) is 4.74. The first-order valence-electron chi connectivity index (χ1n) is 5.65. The molecule has 88 valence electrons. The van der Waals surface area contributed by atoms with E-state index in [9.17, 15) is 4.79 Å². The van der Waals surface area contributed by atoms with Crippen molar-refractivity contribution in [1.29, 1.82) is 0 Å². The average molecular weight is 222 g/mol. The number of hydrogen-bond acceptors (Lipinski definition) is 3. The smallest absolute Gasteiger partial charge is 0.237 e. The lowest BCUT2D eigenvalue weighted by atomic mass is 9.76. The largest absolute Gasteiger partial charge is 0.368 e. The van der Waals surface area contributed by atoms with E-state index in [0.29, 0.717) is 18.8 Å². The zero-order valence-corrected chi connectivity index (χ0v) is 9.30. The highest BCUT2D eigenvalue weighted by Crippen LogP contribution is 2.31. The van der Waals surface area contributed by atoms with Crippen LogP contribution < -0.4 is 11.5 Å². The van der Waals surface area contributed by atoms with Crippen LogP contribution in [0, 0.1) is 5.92 Å². The summed E-state index contributed by atoms with van der Waals surface area (Å²) in [5, 5.41) is 0. The number of aromatic nitrogens is 2. The Hall–Kier alpha value is -1.36. The minimum absolute atomic E-state index is 0.372. The molecule has 1 aliphatic carbocycles. The van der Waals surface area contributed by atoms with Crippen LogP contribution in [-0.4, -0.2) is 21.0 Å². The molecule has 2 rings (SSSR count). The zero-order valence-electron chi connectivity index (χ0n) is 9.30. The van der Waals surface area contributed by atoms with Crippen LogP contribution in [0.3, 0.4) is 0 Å². The second-order valence-electron chi connectivity index (χ2n) is 4.74. The van der Waals surface area contributed by atoms with Crippen LogP contribution in [0.25, 0.3) is 0 Å². The molecule has 5 heteroatoms. The Balaban J connectivity index is 1.99. The van der Waals surface area contributed by atoms with Gasteiger partial charge in [-0.25, -0.2) is 4.98 Å². The molecule has 0 bridgehead atoms. The van der Waals surface area contributed by atoms with E-state index in [1.54, 1.807) is 12.5 Å². The van der Waals surface area contributed by atoms with Crippen LogP contribution >= 0.6 is 0 Å². The molecule has 2 unspecified atom stereocenters. The summed E-state index contributed by atoms with van der Waals surface area (Å²) >= 11 is 0. The van der Waals surface area contributed by atoms with Gasteiger partial charge in [-0.3, -0.25) is 4.79 Å². The maximum Gasteiger partial charge on any atom is 0.237 e. The molecule has 1 aliphatic rings. The Kier molecular flexibility index (Phi) is 2.96. The molecular formula is C11H18N4O. The van der Waals surface area contributed by atoms with Gasteiger partial charge in [0, 0.05) is 18.9 Å². The fourth-order valence-electron chi connectivity index (χ4n) is 2.50. The third-order valence-corrected chi connectivity index (χ3v) is 3.41. The Morgan fingerprint density at radius 3 is 3.06 bits per heavy atom. The van der Waals surface area contributed by atoms with Gasteiger partial charge < -0.3 is 16.0 Å². The van der Waals surface area contributed by atoms with Gasteiger partial charge in [0.25, 0.3) is 0 Å². The summed E-state index contributed by atoms with van der Waals surface area (Å²) in [5.74, 6) is 0.0447. The highest BCUT2D eigenvalue weighted by atomic mass is 16.1. The third-order valence-electron chi connectivity index (χ3n) is 3.41. The zero-order chi connectivity index (χ0) is 11.6. The van der Waals surface area contributed by atoms with E-state index in [2.05, 4.69) is 4.98 Å². The van der Waals surface area contributed by atoms with Crippen LogP contribution in [0.15, 0.2) is 18.7 Å². The fourth-order valence-corrected chi connectivity index (χ4v) is 2.50. The summed E-state index contributed by atoms with van der Waals surface area (Å²) in [5.41, 5.74) is 10.6. The SMILES string of the molecule is NC(=O)C1(N)CCCC(Cn2ccnc2)C1. The van der Waals surface area contributed by atoms with Crippen LogP contribution in [0.4, 0.5) is 0 Å². The quantitative estimate of drug-likeness (QED) is 0.768. The Labute approximate surface area is 94.8 Å². The first kappa shape index (κ1) is 11.1. The number of carbonyl (C=O) groups is 1. The summed E-state index contributed by atoms with van der Waals surface area (Å²) in [6, 6.07) is 0. The summed E-state index contributed by atoms with van der Waals surface area (Å²) in [6.07, 6.45) is 8.94. The van der Waals surface area contributed by atoms with Crippen molar-refractivity contribution in [2.45, 2.75) is 37.8 Å². The molecule has 5 nitrogen and oxygen atoms in total. The van der Waals surface area contributed by atoms with Crippen molar-refractivity contribution in [1.82, 2.24) is 9.55 Å². The van der Waals surface area contributed by atoms with Gasteiger partial charge >= 0.3 is 0 Å². The highest BCUT2D eigenvalue weighted by molar-refractivity contribution is 5.84. The highest BCUT2D eigenvalue weighted by Gasteiger charge is 2.37. The molecule has 1 amide bonds. The number of rotatable bonds is 3. The second kappa shape index (κ2) is 4.25. The van der Waals surface area contributed by atoms with Gasteiger partial charge in [0.05, 0.1) is 11.9 Å². The van der Waals surface area contributed by atoms with Crippen molar-refractivity contribution in [3.63, 3.8) is 0 Å². The van der Waals surface area contributed by atoms with Crippen LogP contribution in [0.5, 0.6) is 0 Å². The van der Waals surface area contributed by atoms with E-state index < -0.39 is 5.54 Å². The van der Waals surface area contributed by atoms with Crippen LogP contribution in [0.1, 0.15) is 25.7 Å². The van der Waals surface area contributed by atoms with Crippen molar-refractivity contribution in [3.8, 4) is 0 Å². The lowest BCUT2D eigenvalue weighted by Gasteiger charge is -2.35. The standard InChI is InChI=1S/C11H18N4O/c12-10(16)11(13)3-1-2-9(6-11)7-15-5-4-14-8-15/h4-5,8-9H,1-3,6-7,13H2,(H2,12,16). The normalized spacial score (nSPS) is 30.2. The lowest BCUT2D eigenvalue weighted by Crippen LogP contribution is -2.55. The van der Waals surface area contributed by atoms with Crippen molar-refractivity contribution in [3.05, 3.63) is 18.7 Å². The van der Waals surface area contributed by atoms with Gasteiger partial charge in [-0.2, -0.15) is 0 Å². The summed E-state index contributed by atoms with van der Waals surface area (Å²) in [6.45, 7) is 0.867. The molecular weight excluding hydrogens is 204 g/mol. The lowest BCUT2D eigenvalue weighted by molar-refractivity contribution is -0.124. The van der Waals surface area contributed by atoms with Crippen molar-refractivity contribution < 1.29 is 4.79 Å². The topological polar surface area (TPSA) is 86.9 Å². The molecule has 0 saturated heterocycles. The van der Waals surface area contributed by atoms with Gasteiger partial charge in [0.15, 0.2) is 0 Å². The summed E-state index contributed by atoms with van der Waals surface area (Å²) in [7, 11) is 0. The molecule has 4 N–H and O–H groups in total. The summed E-state index contributed by atoms with van der Waals surface area (Å²) < 4.78 is 2.03. The first-order valence-corrected chi connectivity index (χ1v) is 5.65. The van der Waals surface area contributed by atoms with E-state index in [1.165, 1.54) is 0 Å². The minimum Gasteiger partial charge on any atom is -0.368 e. The Morgan fingerprint density at radius 1 is 1.62 bits per heavy atom. The Bertz CT molecular complexity index is 362. The monoisotopic (exact) mass is 222 g/mol. The molecule has 0 aromatic carbocycles. The van der Waals surface area contributed by atoms with Gasteiger partial charge in [0.2, 0.25) is 5.91 Å². The number of nitrogens with zero attached hydrogens (tertiary/aromatic N) is 2. The third kappa shape index (κ3) is 2.24. The molecule has 0 spiro atoms. The minimum atomic E-state index is -0.802. The molecule has 16 heavy (non-hydrogen) atoms. The van der Waals surface area contributed by atoms with Gasteiger partial charge in [0.1, 0.15) is 0 Å². The van der Waals surface area contributed by atoms with Crippen LogP contribution in [0.2, 0.25) is 0 Å². The molecule has 1 heterocycles. The number of primary amides is 1. The Morgan fingerprint density at radius 2 is 2.44 bits per heavy atom. The van der Waals surface area contributed by atoms with E-state index in [4.69, 9.17) is 11.5 Å². The summed E-state index contributed by atoms with van der Waals surface area (Å²) in [4.78, 5) is 15.3. The predicted octanol–water partition coefficient (Wildman–Crippen LogP) is 0.256. The first-order chi connectivity index (χ1) is 7.60. The number of amides is 1. The van der Waals surface area contributed by atoms with Gasteiger partial charge in [-0.15, -0.1) is 0 Å². The predicted molar refractivity (Wildman–Crippen MR) is 60.3 cm³/mol.